The van der Waals surface area contributed by atoms with E-state index in [9.17, 15) is 9.18 Å². The SMILES string of the molecule is O=C(N1[C@H]2CC[C@H]1CC(Cc1nccn3cccc13)C2)C1(Cc2ccc(F)cc2)CCOCC1. The Morgan fingerprint density at radius 3 is 2.53 bits per heavy atom. The summed E-state index contributed by atoms with van der Waals surface area (Å²) in [6.45, 7) is 1.23. The molecule has 2 bridgehead atoms. The van der Waals surface area contributed by atoms with Gasteiger partial charge in [-0.15, -0.1) is 0 Å². The second kappa shape index (κ2) is 8.81. The number of fused-ring (bicyclic) bond motifs is 3. The molecule has 3 aliphatic heterocycles. The Balaban J connectivity index is 1.21. The molecule has 5 nitrogen and oxygen atoms in total. The number of aromatic nitrogens is 2. The number of nitrogens with zero attached hydrogens (tertiary/aromatic N) is 3. The lowest BCUT2D eigenvalue weighted by molar-refractivity contribution is -0.153. The highest BCUT2D eigenvalue weighted by atomic mass is 19.1. The van der Waals surface area contributed by atoms with E-state index in [1.165, 1.54) is 17.6 Å². The third-order valence-corrected chi connectivity index (χ3v) is 8.44. The molecule has 5 heterocycles. The zero-order chi connectivity index (χ0) is 23.1. The zero-order valence-corrected chi connectivity index (χ0v) is 19.5. The molecule has 3 saturated heterocycles. The van der Waals surface area contributed by atoms with Gasteiger partial charge in [-0.1, -0.05) is 12.1 Å². The number of piperidine rings is 1. The standard InChI is InChI=1S/C28H32FN3O2/c29-22-5-3-20(4-6-22)19-28(9-14-34-15-10-28)27(33)32-23-7-8-24(32)17-21(16-23)18-25-26-2-1-12-31(26)13-11-30-25/h1-6,11-13,21,23-24H,7-10,14-19H2/t23-,24-/m0/s1. The van der Waals surface area contributed by atoms with Gasteiger partial charge in [-0.3, -0.25) is 9.78 Å². The van der Waals surface area contributed by atoms with Crippen LogP contribution in [0.5, 0.6) is 0 Å². The molecule has 3 aromatic rings. The van der Waals surface area contributed by atoms with Gasteiger partial charge in [-0.25, -0.2) is 4.39 Å². The maximum absolute atomic E-state index is 14.2. The number of carbonyl (C=O) groups excluding carboxylic acids is 1. The lowest BCUT2D eigenvalue weighted by Gasteiger charge is -2.46. The summed E-state index contributed by atoms with van der Waals surface area (Å²) in [4.78, 5) is 21.1. The average Bonchev–Trinajstić information content (AvgIpc) is 3.44. The minimum absolute atomic E-state index is 0.235. The number of benzene rings is 1. The summed E-state index contributed by atoms with van der Waals surface area (Å²) < 4.78 is 21.3. The van der Waals surface area contributed by atoms with E-state index in [0.29, 0.717) is 43.5 Å². The number of ether oxygens (including phenoxy) is 1. The molecule has 0 aliphatic carbocycles. The van der Waals surface area contributed by atoms with E-state index in [4.69, 9.17) is 9.72 Å². The van der Waals surface area contributed by atoms with Gasteiger partial charge < -0.3 is 14.0 Å². The number of rotatable bonds is 5. The van der Waals surface area contributed by atoms with Gasteiger partial charge in [0, 0.05) is 43.9 Å². The minimum atomic E-state index is -0.442. The largest absolute Gasteiger partial charge is 0.381 e. The quantitative estimate of drug-likeness (QED) is 0.547. The Morgan fingerprint density at radius 1 is 1.06 bits per heavy atom. The van der Waals surface area contributed by atoms with Crippen LogP contribution in [0.4, 0.5) is 4.39 Å². The molecule has 2 atom stereocenters. The monoisotopic (exact) mass is 461 g/mol. The topological polar surface area (TPSA) is 46.8 Å². The van der Waals surface area contributed by atoms with Crippen LogP contribution < -0.4 is 0 Å². The molecule has 0 saturated carbocycles. The molecule has 34 heavy (non-hydrogen) atoms. The Hall–Kier alpha value is -2.73. The third kappa shape index (κ3) is 3.92. The maximum atomic E-state index is 14.2. The molecule has 0 radical (unpaired) electrons. The average molecular weight is 462 g/mol. The minimum Gasteiger partial charge on any atom is -0.381 e. The van der Waals surface area contributed by atoms with Crippen LogP contribution in [0.3, 0.4) is 0 Å². The van der Waals surface area contributed by atoms with E-state index >= 15 is 0 Å². The lowest BCUT2D eigenvalue weighted by Crippen LogP contribution is -2.55. The van der Waals surface area contributed by atoms with Crippen molar-refractivity contribution in [3.8, 4) is 0 Å². The van der Waals surface area contributed by atoms with Gasteiger partial charge in [0.15, 0.2) is 0 Å². The van der Waals surface area contributed by atoms with Crippen LogP contribution in [0, 0.1) is 17.2 Å². The Kier molecular flexibility index (Phi) is 5.64. The van der Waals surface area contributed by atoms with Crippen molar-refractivity contribution in [1.29, 1.82) is 0 Å². The second-order valence-electron chi connectivity index (χ2n) is 10.5. The molecule has 6 rings (SSSR count). The Morgan fingerprint density at radius 2 is 1.79 bits per heavy atom. The first-order valence-corrected chi connectivity index (χ1v) is 12.7. The van der Waals surface area contributed by atoms with Crippen molar-refractivity contribution in [2.45, 2.75) is 63.5 Å². The van der Waals surface area contributed by atoms with E-state index in [0.717, 1.165) is 56.2 Å². The van der Waals surface area contributed by atoms with Crippen LogP contribution in [0.2, 0.25) is 0 Å². The van der Waals surface area contributed by atoms with Crippen LogP contribution in [0.1, 0.15) is 49.8 Å². The summed E-state index contributed by atoms with van der Waals surface area (Å²) in [7, 11) is 0. The van der Waals surface area contributed by atoms with Crippen LogP contribution in [0.15, 0.2) is 55.0 Å². The van der Waals surface area contributed by atoms with Crippen molar-refractivity contribution in [2.24, 2.45) is 11.3 Å². The molecule has 1 amide bonds. The summed E-state index contributed by atoms with van der Waals surface area (Å²) in [5.74, 6) is 0.623. The predicted molar refractivity (Wildman–Crippen MR) is 128 cm³/mol. The first-order chi connectivity index (χ1) is 16.6. The van der Waals surface area contributed by atoms with Crippen LogP contribution in [-0.4, -0.2) is 45.5 Å². The van der Waals surface area contributed by atoms with E-state index in [2.05, 4.69) is 27.6 Å². The summed E-state index contributed by atoms with van der Waals surface area (Å²) in [6.07, 6.45) is 13.4. The number of hydrogen-bond acceptors (Lipinski definition) is 3. The van der Waals surface area contributed by atoms with Gasteiger partial charge in [-0.2, -0.15) is 0 Å². The highest BCUT2D eigenvalue weighted by Gasteiger charge is 2.50. The van der Waals surface area contributed by atoms with Gasteiger partial charge in [0.2, 0.25) is 5.91 Å². The molecule has 1 aromatic carbocycles. The van der Waals surface area contributed by atoms with Gasteiger partial charge in [-0.05, 0) is 87.1 Å². The fourth-order valence-corrected chi connectivity index (χ4v) is 6.74. The molecule has 3 fully saturated rings. The third-order valence-electron chi connectivity index (χ3n) is 8.44. The predicted octanol–water partition coefficient (Wildman–Crippen LogP) is 4.83. The summed E-state index contributed by atoms with van der Waals surface area (Å²) in [5, 5.41) is 0. The fourth-order valence-electron chi connectivity index (χ4n) is 6.74. The van der Waals surface area contributed by atoms with Crippen LogP contribution in [-0.2, 0) is 22.4 Å². The van der Waals surface area contributed by atoms with E-state index in [1.807, 2.05) is 24.5 Å². The van der Waals surface area contributed by atoms with Crippen LogP contribution in [0.25, 0.3) is 5.52 Å². The van der Waals surface area contributed by atoms with Crippen molar-refractivity contribution in [3.63, 3.8) is 0 Å². The number of amides is 1. The number of carbonyl (C=O) groups is 1. The molecule has 178 valence electrons. The molecule has 6 heteroatoms. The normalized spacial score (nSPS) is 26.1. The van der Waals surface area contributed by atoms with Gasteiger partial charge >= 0.3 is 0 Å². The number of hydrogen-bond donors (Lipinski definition) is 0. The van der Waals surface area contributed by atoms with Crippen molar-refractivity contribution >= 4 is 11.4 Å². The van der Waals surface area contributed by atoms with Gasteiger partial charge in [0.25, 0.3) is 0 Å². The molecular weight excluding hydrogens is 429 g/mol. The molecule has 3 aliphatic rings. The number of halogens is 1. The van der Waals surface area contributed by atoms with E-state index in [1.54, 1.807) is 0 Å². The molecule has 0 N–H and O–H groups in total. The second-order valence-corrected chi connectivity index (χ2v) is 10.5. The molecule has 0 spiro atoms. The Labute approximate surface area is 199 Å². The zero-order valence-electron chi connectivity index (χ0n) is 19.5. The van der Waals surface area contributed by atoms with E-state index < -0.39 is 5.41 Å². The van der Waals surface area contributed by atoms with Gasteiger partial charge in [0.1, 0.15) is 5.82 Å². The molecular formula is C28H32FN3O2. The molecule has 2 aromatic heterocycles. The molecule has 0 unspecified atom stereocenters. The fraction of sp³-hybridized carbons (Fsp3) is 0.500. The van der Waals surface area contributed by atoms with Crippen molar-refractivity contribution in [3.05, 3.63) is 72.1 Å². The van der Waals surface area contributed by atoms with Crippen molar-refractivity contribution < 1.29 is 13.9 Å². The lowest BCUT2D eigenvalue weighted by atomic mass is 9.73. The highest BCUT2D eigenvalue weighted by Crippen LogP contribution is 2.45. The smallest absolute Gasteiger partial charge is 0.229 e. The summed E-state index contributed by atoms with van der Waals surface area (Å²) in [6, 6.07) is 11.5. The highest BCUT2D eigenvalue weighted by molar-refractivity contribution is 5.84. The maximum Gasteiger partial charge on any atom is 0.229 e. The van der Waals surface area contributed by atoms with Crippen LogP contribution >= 0.6 is 0 Å². The van der Waals surface area contributed by atoms with Gasteiger partial charge in [0.05, 0.1) is 16.6 Å². The van der Waals surface area contributed by atoms with Crippen molar-refractivity contribution in [2.75, 3.05) is 13.2 Å². The van der Waals surface area contributed by atoms with E-state index in [-0.39, 0.29) is 5.82 Å². The summed E-state index contributed by atoms with van der Waals surface area (Å²) >= 11 is 0. The first kappa shape index (κ1) is 21.8. The Bertz CT molecular complexity index is 1150. The van der Waals surface area contributed by atoms with Crippen molar-refractivity contribution in [1.82, 2.24) is 14.3 Å². The summed E-state index contributed by atoms with van der Waals surface area (Å²) in [5.41, 5.74) is 2.94. The first-order valence-electron chi connectivity index (χ1n) is 12.7.